The van der Waals surface area contributed by atoms with Gasteiger partial charge in [-0.1, -0.05) is 42.6 Å². The molecule has 90 valence electrons. The van der Waals surface area contributed by atoms with E-state index in [1.54, 1.807) is 0 Å². The average Bonchev–Trinajstić information content (AvgIpc) is 2.50. The van der Waals surface area contributed by atoms with Crippen molar-refractivity contribution < 1.29 is 8.42 Å². The summed E-state index contributed by atoms with van der Waals surface area (Å²) in [6.45, 7) is 3.93. The van der Waals surface area contributed by atoms with Crippen molar-refractivity contribution in [1.82, 2.24) is 0 Å². The zero-order valence-electron chi connectivity index (χ0n) is 9.63. The Morgan fingerprint density at radius 1 is 1.27 bits per heavy atom. The first kappa shape index (κ1) is 13.5. The van der Waals surface area contributed by atoms with Crippen molar-refractivity contribution in [3.8, 4) is 0 Å². The Balaban J connectivity index is 2.66. The molecule has 2 nitrogen and oxygen atoms in total. The molecule has 0 aliphatic heterocycles. The van der Waals surface area contributed by atoms with E-state index in [1.165, 1.54) is 12.8 Å². The second-order valence-corrected chi connectivity index (χ2v) is 7.96. The summed E-state index contributed by atoms with van der Waals surface area (Å²) in [7, 11) is -2.86. The quantitative estimate of drug-likeness (QED) is 0.731. The van der Waals surface area contributed by atoms with Gasteiger partial charge in [-0.15, -0.1) is 0 Å². The summed E-state index contributed by atoms with van der Waals surface area (Å²) in [5.74, 6) is 0.953. The molecule has 15 heavy (non-hydrogen) atoms. The van der Waals surface area contributed by atoms with Crippen molar-refractivity contribution in [3.63, 3.8) is 0 Å². The maximum Gasteiger partial charge on any atom is 0.151 e. The first-order chi connectivity index (χ1) is 6.89. The zero-order valence-corrected chi connectivity index (χ0v) is 12.0. The van der Waals surface area contributed by atoms with Gasteiger partial charge in [0.2, 0.25) is 0 Å². The zero-order chi connectivity index (χ0) is 11.5. The Hall–Kier alpha value is 0.430. The van der Waals surface area contributed by atoms with Crippen molar-refractivity contribution in [2.75, 3.05) is 16.8 Å². The molecule has 0 heterocycles. The van der Waals surface area contributed by atoms with Crippen LogP contribution in [0.4, 0.5) is 0 Å². The van der Waals surface area contributed by atoms with Gasteiger partial charge in [0.1, 0.15) is 0 Å². The predicted octanol–water partition coefficient (Wildman–Crippen LogP) is 3.01. The standard InChI is InChI=1S/C11H21BrO2S/c1-10(2)7-15(13,14)9-11(8-12)5-3-4-6-11/h10H,3-9H2,1-2H3. The third-order valence-electron chi connectivity index (χ3n) is 3.06. The van der Waals surface area contributed by atoms with Gasteiger partial charge in [-0.3, -0.25) is 0 Å². The highest BCUT2D eigenvalue weighted by Gasteiger charge is 2.37. The van der Waals surface area contributed by atoms with E-state index in [-0.39, 0.29) is 11.3 Å². The van der Waals surface area contributed by atoms with E-state index in [1.807, 2.05) is 13.8 Å². The highest BCUT2D eigenvalue weighted by molar-refractivity contribution is 9.09. The molecule has 0 radical (unpaired) electrons. The lowest BCUT2D eigenvalue weighted by molar-refractivity contribution is 0.393. The number of rotatable bonds is 5. The van der Waals surface area contributed by atoms with Crippen LogP contribution in [0.3, 0.4) is 0 Å². The smallest absolute Gasteiger partial charge is 0.151 e. The van der Waals surface area contributed by atoms with Gasteiger partial charge < -0.3 is 0 Å². The van der Waals surface area contributed by atoms with Crippen LogP contribution in [0.15, 0.2) is 0 Å². The minimum Gasteiger partial charge on any atom is -0.229 e. The lowest BCUT2D eigenvalue weighted by Crippen LogP contribution is -2.31. The molecular formula is C11H21BrO2S. The van der Waals surface area contributed by atoms with Gasteiger partial charge in [0.25, 0.3) is 0 Å². The molecule has 1 fully saturated rings. The molecule has 0 aromatic carbocycles. The van der Waals surface area contributed by atoms with E-state index in [2.05, 4.69) is 15.9 Å². The van der Waals surface area contributed by atoms with Crippen molar-refractivity contribution in [3.05, 3.63) is 0 Å². The number of sulfone groups is 1. The molecule has 0 amide bonds. The summed E-state index contributed by atoms with van der Waals surface area (Å²) in [5.41, 5.74) is 0.0354. The summed E-state index contributed by atoms with van der Waals surface area (Å²) >= 11 is 3.49. The normalized spacial score (nSPS) is 21.1. The Kier molecular flexibility index (Phi) is 4.65. The van der Waals surface area contributed by atoms with Crippen LogP contribution in [0.25, 0.3) is 0 Å². The van der Waals surface area contributed by atoms with Crippen LogP contribution in [-0.4, -0.2) is 25.3 Å². The monoisotopic (exact) mass is 296 g/mol. The van der Waals surface area contributed by atoms with Crippen LogP contribution in [0, 0.1) is 11.3 Å². The molecule has 0 saturated heterocycles. The molecule has 0 aromatic rings. The number of hydrogen-bond donors (Lipinski definition) is 0. The number of halogens is 1. The second kappa shape index (κ2) is 5.17. The molecule has 1 saturated carbocycles. The number of alkyl halides is 1. The fourth-order valence-corrected chi connectivity index (χ4v) is 5.95. The Morgan fingerprint density at radius 3 is 2.20 bits per heavy atom. The molecular weight excluding hydrogens is 276 g/mol. The third kappa shape index (κ3) is 4.06. The largest absolute Gasteiger partial charge is 0.229 e. The lowest BCUT2D eigenvalue weighted by atomic mass is 9.92. The van der Waals surface area contributed by atoms with Gasteiger partial charge >= 0.3 is 0 Å². The third-order valence-corrected chi connectivity index (χ3v) is 6.48. The van der Waals surface area contributed by atoms with Crippen molar-refractivity contribution in [2.24, 2.45) is 11.3 Å². The minimum atomic E-state index is -2.86. The van der Waals surface area contributed by atoms with Crippen LogP contribution in [0.5, 0.6) is 0 Å². The van der Waals surface area contributed by atoms with Gasteiger partial charge in [0, 0.05) is 5.33 Å². The van der Waals surface area contributed by atoms with Gasteiger partial charge in [0.05, 0.1) is 11.5 Å². The summed E-state index contributed by atoms with van der Waals surface area (Å²) in [6, 6.07) is 0. The molecule has 0 aromatic heterocycles. The Morgan fingerprint density at radius 2 is 1.80 bits per heavy atom. The van der Waals surface area contributed by atoms with Crippen LogP contribution in [-0.2, 0) is 9.84 Å². The average molecular weight is 297 g/mol. The molecule has 0 atom stereocenters. The molecule has 1 aliphatic carbocycles. The summed E-state index contributed by atoms with van der Waals surface area (Å²) in [5, 5.41) is 0.831. The molecule has 0 spiro atoms. The highest BCUT2D eigenvalue weighted by Crippen LogP contribution is 2.40. The van der Waals surface area contributed by atoms with Crippen molar-refractivity contribution >= 4 is 25.8 Å². The Bertz CT molecular complexity index is 290. The van der Waals surface area contributed by atoms with E-state index in [0.29, 0.717) is 11.5 Å². The fourth-order valence-electron chi connectivity index (χ4n) is 2.47. The van der Waals surface area contributed by atoms with E-state index < -0.39 is 9.84 Å². The molecule has 0 unspecified atom stereocenters. The summed E-state index contributed by atoms with van der Waals surface area (Å²) in [4.78, 5) is 0. The topological polar surface area (TPSA) is 34.1 Å². The molecule has 0 N–H and O–H groups in total. The second-order valence-electron chi connectivity index (χ2n) is 5.29. The first-order valence-electron chi connectivity index (χ1n) is 5.66. The van der Waals surface area contributed by atoms with E-state index in [4.69, 9.17) is 0 Å². The van der Waals surface area contributed by atoms with Gasteiger partial charge in [-0.05, 0) is 24.2 Å². The molecule has 1 aliphatic rings. The Labute approximate surface area is 102 Å². The predicted molar refractivity (Wildman–Crippen MR) is 68.2 cm³/mol. The van der Waals surface area contributed by atoms with E-state index in [9.17, 15) is 8.42 Å². The summed E-state index contributed by atoms with van der Waals surface area (Å²) < 4.78 is 23.9. The van der Waals surface area contributed by atoms with Crippen molar-refractivity contribution in [1.29, 1.82) is 0 Å². The van der Waals surface area contributed by atoms with Gasteiger partial charge in [-0.25, -0.2) is 8.42 Å². The maximum atomic E-state index is 11.9. The van der Waals surface area contributed by atoms with Crippen LogP contribution in [0.1, 0.15) is 39.5 Å². The maximum absolute atomic E-state index is 11.9. The van der Waals surface area contributed by atoms with Gasteiger partial charge in [-0.2, -0.15) is 0 Å². The van der Waals surface area contributed by atoms with Crippen LogP contribution in [0.2, 0.25) is 0 Å². The minimum absolute atomic E-state index is 0.0354. The van der Waals surface area contributed by atoms with E-state index in [0.717, 1.165) is 18.2 Å². The van der Waals surface area contributed by atoms with Crippen LogP contribution >= 0.6 is 15.9 Å². The number of hydrogen-bond acceptors (Lipinski definition) is 2. The first-order valence-corrected chi connectivity index (χ1v) is 8.60. The SMILES string of the molecule is CC(C)CS(=O)(=O)CC1(CBr)CCCC1. The van der Waals surface area contributed by atoms with Crippen molar-refractivity contribution in [2.45, 2.75) is 39.5 Å². The summed E-state index contributed by atoms with van der Waals surface area (Å²) in [6.07, 6.45) is 4.50. The molecule has 1 rings (SSSR count). The van der Waals surface area contributed by atoms with E-state index >= 15 is 0 Å². The van der Waals surface area contributed by atoms with Gasteiger partial charge in [0.15, 0.2) is 9.84 Å². The fraction of sp³-hybridized carbons (Fsp3) is 1.00. The van der Waals surface area contributed by atoms with Crippen LogP contribution < -0.4 is 0 Å². The molecule has 4 heteroatoms. The molecule has 0 bridgehead atoms. The lowest BCUT2D eigenvalue weighted by Gasteiger charge is -2.26. The highest BCUT2D eigenvalue weighted by atomic mass is 79.9.